The Bertz CT molecular complexity index is 649. The number of nitrogens with one attached hydrogen (secondary N) is 1. The maximum absolute atomic E-state index is 12.0. The lowest BCUT2D eigenvalue weighted by molar-refractivity contribution is 0.594. The number of hydrogen-bond donors (Lipinski definition) is 1. The van der Waals surface area contributed by atoms with E-state index in [4.69, 9.17) is 0 Å². The lowest BCUT2D eigenvalue weighted by Gasteiger charge is -2.16. The first kappa shape index (κ1) is 16.0. The van der Waals surface area contributed by atoms with Crippen LogP contribution in [0, 0.1) is 0 Å². The highest BCUT2D eigenvalue weighted by molar-refractivity contribution is 7.91. The van der Waals surface area contributed by atoms with Gasteiger partial charge in [-0.2, -0.15) is 0 Å². The molecule has 2 aromatic rings. The summed E-state index contributed by atoms with van der Waals surface area (Å²) in [6.45, 7) is 3.96. The number of hydrogen-bond acceptors (Lipinski definition) is 5. The van der Waals surface area contributed by atoms with Crippen molar-refractivity contribution >= 4 is 26.9 Å². The third-order valence-electron chi connectivity index (χ3n) is 3.18. The summed E-state index contributed by atoms with van der Waals surface area (Å²) in [6.07, 6.45) is 3.35. The number of nitrogens with zero attached hydrogens (tertiary/aromatic N) is 1. The molecule has 0 fully saturated rings. The molecule has 1 unspecified atom stereocenters. The van der Waals surface area contributed by atoms with E-state index >= 15 is 0 Å². The molecule has 0 aliphatic carbocycles. The average molecular weight is 324 g/mol. The molecule has 0 radical (unpaired) electrons. The lowest BCUT2D eigenvalue weighted by Crippen LogP contribution is -2.10. The third kappa shape index (κ3) is 4.04. The molecule has 0 saturated carbocycles. The van der Waals surface area contributed by atoms with Crippen molar-refractivity contribution in [2.75, 3.05) is 11.1 Å². The molecule has 0 saturated heterocycles. The number of thiazole rings is 1. The van der Waals surface area contributed by atoms with Gasteiger partial charge in [-0.1, -0.05) is 13.8 Å². The Morgan fingerprint density at radius 1 is 1.24 bits per heavy atom. The third-order valence-corrected chi connectivity index (χ3v) is 6.01. The molecule has 0 aliphatic heterocycles. The van der Waals surface area contributed by atoms with Crippen LogP contribution < -0.4 is 5.32 Å². The Balaban J connectivity index is 2.12. The first-order valence-electron chi connectivity index (χ1n) is 7.05. The van der Waals surface area contributed by atoms with Crippen molar-refractivity contribution in [3.8, 4) is 0 Å². The van der Waals surface area contributed by atoms with Crippen LogP contribution in [0.25, 0.3) is 0 Å². The number of rotatable bonds is 7. The van der Waals surface area contributed by atoms with Gasteiger partial charge in [-0.3, -0.25) is 0 Å². The van der Waals surface area contributed by atoms with Crippen LogP contribution in [0.3, 0.4) is 0 Å². The average Bonchev–Trinajstić information content (AvgIpc) is 2.99. The minimum Gasteiger partial charge on any atom is -0.376 e. The van der Waals surface area contributed by atoms with Crippen LogP contribution in [0.4, 0.5) is 5.69 Å². The first-order chi connectivity index (χ1) is 10.1. The molecule has 1 aromatic heterocycles. The van der Waals surface area contributed by atoms with Gasteiger partial charge in [-0.25, -0.2) is 13.4 Å². The molecule has 0 aliphatic rings. The van der Waals surface area contributed by atoms with Crippen LogP contribution in [0.5, 0.6) is 0 Å². The summed E-state index contributed by atoms with van der Waals surface area (Å²) >= 11 is 1.62. The van der Waals surface area contributed by atoms with Gasteiger partial charge in [0.15, 0.2) is 9.84 Å². The van der Waals surface area contributed by atoms with E-state index in [1.807, 2.05) is 24.4 Å². The maximum atomic E-state index is 12.0. The van der Waals surface area contributed by atoms with Crippen molar-refractivity contribution in [1.29, 1.82) is 0 Å². The summed E-state index contributed by atoms with van der Waals surface area (Å²) in [6, 6.07) is 7.13. The van der Waals surface area contributed by atoms with Gasteiger partial charge >= 0.3 is 0 Å². The molecule has 6 heteroatoms. The molecular formula is C15H20N2O2S2. The highest BCUT2D eigenvalue weighted by Crippen LogP contribution is 2.25. The molecular weight excluding hydrogens is 304 g/mol. The van der Waals surface area contributed by atoms with E-state index in [1.165, 1.54) is 0 Å². The number of aromatic nitrogens is 1. The Hall–Kier alpha value is -1.40. The Labute approximate surface area is 130 Å². The van der Waals surface area contributed by atoms with Gasteiger partial charge in [0.2, 0.25) is 0 Å². The Morgan fingerprint density at radius 3 is 2.48 bits per heavy atom. The van der Waals surface area contributed by atoms with Gasteiger partial charge in [0.1, 0.15) is 5.01 Å². The monoisotopic (exact) mass is 324 g/mol. The molecule has 1 N–H and O–H groups in total. The van der Waals surface area contributed by atoms with Crippen molar-refractivity contribution in [3.63, 3.8) is 0 Å². The fourth-order valence-corrected chi connectivity index (χ4v) is 4.19. The van der Waals surface area contributed by atoms with Gasteiger partial charge < -0.3 is 5.32 Å². The summed E-state index contributed by atoms with van der Waals surface area (Å²) in [5.74, 6) is 0.191. The van der Waals surface area contributed by atoms with Gasteiger partial charge in [0.05, 0.1) is 16.7 Å². The molecule has 4 nitrogen and oxygen atoms in total. The van der Waals surface area contributed by atoms with Crippen LogP contribution in [0.15, 0.2) is 40.7 Å². The van der Waals surface area contributed by atoms with Crippen LogP contribution in [0.1, 0.15) is 37.7 Å². The van der Waals surface area contributed by atoms with E-state index in [-0.39, 0.29) is 11.8 Å². The van der Waals surface area contributed by atoms with E-state index in [9.17, 15) is 8.42 Å². The summed E-state index contributed by atoms with van der Waals surface area (Å²) in [5.41, 5.74) is 0.910. The smallest absolute Gasteiger partial charge is 0.178 e. The molecule has 1 atom stereocenters. The second-order valence-electron chi connectivity index (χ2n) is 4.82. The van der Waals surface area contributed by atoms with Crippen molar-refractivity contribution in [3.05, 3.63) is 40.8 Å². The Morgan fingerprint density at radius 2 is 1.95 bits per heavy atom. The molecule has 2 rings (SSSR count). The second kappa shape index (κ2) is 7.04. The zero-order chi connectivity index (χ0) is 15.3. The van der Waals surface area contributed by atoms with Gasteiger partial charge in [0.25, 0.3) is 0 Å². The predicted molar refractivity (Wildman–Crippen MR) is 87.6 cm³/mol. The van der Waals surface area contributed by atoms with Gasteiger partial charge in [-0.05, 0) is 37.1 Å². The second-order valence-corrected chi connectivity index (χ2v) is 7.85. The highest BCUT2D eigenvalue weighted by atomic mass is 32.2. The molecule has 114 valence electrons. The van der Waals surface area contributed by atoms with E-state index in [1.54, 1.807) is 29.7 Å². The van der Waals surface area contributed by atoms with Gasteiger partial charge in [0, 0.05) is 17.3 Å². The minimum absolute atomic E-state index is 0.156. The summed E-state index contributed by atoms with van der Waals surface area (Å²) in [5, 5.41) is 6.40. The fraction of sp³-hybridized carbons (Fsp3) is 0.400. The van der Waals surface area contributed by atoms with Crippen molar-refractivity contribution in [1.82, 2.24) is 4.98 Å². The number of benzene rings is 1. The number of anilines is 1. The molecule has 1 aromatic carbocycles. The molecule has 0 bridgehead atoms. The standard InChI is InChI=1S/C15H20N2O2S2/c1-3-11-21(18,19)13-7-5-12(6-8-13)17-14(4-2)15-16-9-10-20-15/h5-10,14,17H,3-4,11H2,1-2H3. The zero-order valence-corrected chi connectivity index (χ0v) is 13.9. The van der Waals surface area contributed by atoms with Crippen LogP contribution in [0.2, 0.25) is 0 Å². The van der Waals surface area contributed by atoms with Gasteiger partial charge in [-0.15, -0.1) is 11.3 Å². The van der Waals surface area contributed by atoms with Crippen molar-refractivity contribution in [2.24, 2.45) is 0 Å². The molecule has 21 heavy (non-hydrogen) atoms. The van der Waals surface area contributed by atoms with E-state index in [0.29, 0.717) is 11.3 Å². The highest BCUT2D eigenvalue weighted by Gasteiger charge is 2.14. The van der Waals surface area contributed by atoms with Crippen LogP contribution in [-0.2, 0) is 9.84 Å². The minimum atomic E-state index is -3.14. The normalized spacial score (nSPS) is 13.0. The van der Waals surface area contributed by atoms with Crippen molar-refractivity contribution < 1.29 is 8.42 Å². The fourth-order valence-electron chi connectivity index (χ4n) is 2.09. The summed E-state index contributed by atoms with van der Waals surface area (Å²) < 4.78 is 24.0. The molecule has 1 heterocycles. The van der Waals surface area contributed by atoms with Crippen LogP contribution >= 0.6 is 11.3 Å². The van der Waals surface area contributed by atoms with E-state index < -0.39 is 9.84 Å². The summed E-state index contributed by atoms with van der Waals surface area (Å²) in [4.78, 5) is 4.71. The lowest BCUT2D eigenvalue weighted by atomic mass is 10.2. The number of sulfone groups is 1. The molecule has 0 amide bonds. The molecule has 0 spiro atoms. The topological polar surface area (TPSA) is 59.1 Å². The Kier molecular flexibility index (Phi) is 5.36. The quantitative estimate of drug-likeness (QED) is 0.839. The first-order valence-corrected chi connectivity index (χ1v) is 9.58. The predicted octanol–water partition coefficient (Wildman–Crippen LogP) is 3.89. The van der Waals surface area contributed by atoms with E-state index in [0.717, 1.165) is 17.1 Å². The largest absolute Gasteiger partial charge is 0.376 e. The summed E-state index contributed by atoms with van der Waals surface area (Å²) in [7, 11) is -3.14. The van der Waals surface area contributed by atoms with E-state index in [2.05, 4.69) is 17.2 Å². The van der Waals surface area contributed by atoms with Crippen LogP contribution in [-0.4, -0.2) is 19.2 Å². The SMILES string of the molecule is CCCS(=O)(=O)c1ccc(NC(CC)c2nccs2)cc1. The maximum Gasteiger partial charge on any atom is 0.178 e. The van der Waals surface area contributed by atoms with Crippen molar-refractivity contribution in [2.45, 2.75) is 37.6 Å². The zero-order valence-electron chi connectivity index (χ0n) is 12.2.